The van der Waals surface area contributed by atoms with Gasteiger partial charge in [0, 0.05) is 37.1 Å². The molecule has 12 heteroatoms. The van der Waals surface area contributed by atoms with Crippen molar-refractivity contribution in [3.05, 3.63) is 36.4 Å². The molecule has 0 atom stereocenters. The number of hydrogen-bond donors (Lipinski definition) is 0. The first-order chi connectivity index (χ1) is 14.5. The maximum Gasteiger partial charge on any atom is 0.233 e. The molecule has 0 aliphatic carbocycles. The van der Waals surface area contributed by atoms with E-state index < -0.39 is 10.0 Å². The number of anilines is 1. The number of sulfonamides is 1. The Bertz CT molecular complexity index is 1180. The summed E-state index contributed by atoms with van der Waals surface area (Å²) in [5.74, 6) is 0.503. The minimum Gasteiger partial charge on any atom is -0.396 e. The molecule has 1 aliphatic heterocycles. The Morgan fingerprint density at radius 3 is 2.90 bits per heavy atom. The molecule has 1 aliphatic rings. The van der Waals surface area contributed by atoms with Crippen LogP contribution in [0.3, 0.4) is 0 Å². The van der Waals surface area contributed by atoms with Crippen molar-refractivity contribution in [1.29, 1.82) is 0 Å². The molecule has 0 amide bonds. The van der Waals surface area contributed by atoms with Gasteiger partial charge in [0.25, 0.3) is 0 Å². The topological polar surface area (TPSA) is 123 Å². The van der Waals surface area contributed by atoms with E-state index in [1.165, 1.54) is 15.6 Å². The molecule has 0 aromatic carbocycles. The number of aromatic nitrogens is 5. The van der Waals surface area contributed by atoms with Crippen molar-refractivity contribution < 1.29 is 13.3 Å². The zero-order valence-corrected chi connectivity index (χ0v) is 18.0. The molecule has 3 aromatic heterocycles. The average molecular weight is 446 g/mol. The second-order valence-electron chi connectivity index (χ2n) is 6.54. The van der Waals surface area contributed by atoms with Gasteiger partial charge in [-0.2, -0.15) is 0 Å². The molecule has 0 unspecified atom stereocenters. The molecule has 0 radical (unpaired) electrons. The molecule has 0 fully saturated rings. The first-order valence-corrected chi connectivity index (χ1v) is 11.9. The van der Waals surface area contributed by atoms with E-state index in [9.17, 15) is 8.42 Å². The molecular weight excluding hydrogens is 426 g/mol. The maximum atomic E-state index is 12.2. The molecule has 0 bridgehead atoms. The lowest BCUT2D eigenvalue weighted by Crippen LogP contribution is -2.38. The summed E-state index contributed by atoms with van der Waals surface area (Å²) in [5.41, 5.74) is 1.79. The Morgan fingerprint density at radius 2 is 2.17 bits per heavy atom. The van der Waals surface area contributed by atoms with Crippen molar-refractivity contribution in [3.63, 3.8) is 0 Å². The monoisotopic (exact) mass is 445 g/mol. The number of thiazole rings is 1. The van der Waals surface area contributed by atoms with Crippen LogP contribution >= 0.6 is 11.3 Å². The van der Waals surface area contributed by atoms with E-state index in [0.717, 1.165) is 23.2 Å². The second kappa shape index (κ2) is 8.40. The Hall–Kier alpha value is -2.99. The lowest BCUT2D eigenvalue weighted by atomic mass is 10.1. The second-order valence-corrected chi connectivity index (χ2v) is 9.47. The predicted molar refractivity (Wildman–Crippen MR) is 114 cm³/mol. The summed E-state index contributed by atoms with van der Waals surface area (Å²) in [7, 11) is -3.52. The third-order valence-corrected chi connectivity index (χ3v) is 6.43. The lowest BCUT2D eigenvalue weighted by Gasteiger charge is -2.27. The van der Waals surface area contributed by atoms with E-state index in [1.54, 1.807) is 18.6 Å². The standard InChI is InChI=1S/C18H19N7O3S2/c1-3-9-28-24-13-6-8-25(30(2,26)27)17-15(13)21-16(22-23-17)14-11-20-18(29-14)12-5-4-7-19-10-12/h4-5,7,10-11H,3,6,8-9H2,1-2H3/b24-13+. The molecule has 4 rings (SSSR count). The number of nitrogens with zero attached hydrogens (tertiary/aromatic N) is 7. The first kappa shape index (κ1) is 20.3. The zero-order chi connectivity index (χ0) is 21.1. The fourth-order valence-electron chi connectivity index (χ4n) is 2.84. The Kier molecular flexibility index (Phi) is 5.68. The van der Waals surface area contributed by atoms with E-state index in [2.05, 4.69) is 30.3 Å². The quantitative estimate of drug-likeness (QED) is 0.418. The van der Waals surface area contributed by atoms with E-state index >= 15 is 0 Å². The summed E-state index contributed by atoms with van der Waals surface area (Å²) in [6.45, 7) is 2.65. The number of fused-ring (bicyclic) bond motifs is 1. The molecule has 0 N–H and O–H groups in total. The van der Waals surface area contributed by atoms with Gasteiger partial charge in [-0.05, 0) is 18.6 Å². The van der Waals surface area contributed by atoms with Crippen LogP contribution in [0.25, 0.3) is 21.3 Å². The van der Waals surface area contributed by atoms with Crippen LogP contribution in [0.1, 0.15) is 25.5 Å². The molecule has 156 valence electrons. The number of rotatable bonds is 6. The van der Waals surface area contributed by atoms with Gasteiger partial charge in [-0.3, -0.25) is 9.29 Å². The third-order valence-electron chi connectivity index (χ3n) is 4.24. The Morgan fingerprint density at radius 1 is 1.30 bits per heavy atom. The SMILES string of the molecule is CCCO/N=C1\CCN(S(C)(=O)=O)c2nnc(-c3cnc(-c4cccnc4)s3)nc21. The minimum absolute atomic E-state index is 0.156. The van der Waals surface area contributed by atoms with Crippen molar-refractivity contribution in [3.8, 4) is 21.3 Å². The highest BCUT2D eigenvalue weighted by molar-refractivity contribution is 7.92. The smallest absolute Gasteiger partial charge is 0.233 e. The van der Waals surface area contributed by atoms with Crippen molar-refractivity contribution in [2.75, 3.05) is 23.7 Å². The van der Waals surface area contributed by atoms with Gasteiger partial charge >= 0.3 is 0 Å². The highest BCUT2D eigenvalue weighted by Gasteiger charge is 2.32. The summed E-state index contributed by atoms with van der Waals surface area (Å²) in [4.78, 5) is 19.1. The van der Waals surface area contributed by atoms with Gasteiger partial charge in [0.2, 0.25) is 10.0 Å². The van der Waals surface area contributed by atoms with Crippen molar-refractivity contribution in [2.45, 2.75) is 19.8 Å². The van der Waals surface area contributed by atoms with Crippen LogP contribution in [0.4, 0.5) is 5.82 Å². The Balaban J connectivity index is 1.75. The Labute approximate surface area is 177 Å². The van der Waals surface area contributed by atoms with Gasteiger partial charge in [-0.15, -0.1) is 21.5 Å². The van der Waals surface area contributed by atoms with Crippen molar-refractivity contribution in [2.24, 2.45) is 5.16 Å². The lowest BCUT2D eigenvalue weighted by molar-refractivity contribution is 0.144. The normalized spacial score (nSPS) is 15.3. The van der Waals surface area contributed by atoms with Crippen LogP contribution < -0.4 is 4.31 Å². The van der Waals surface area contributed by atoms with E-state index in [-0.39, 0.29) is 12.4 Å². The summed E-state index contributed by atoms with van der Waals surface area (Å²) < 4.78 is 25.5. The average Bonchev–Trinajstić information content (AvgIpc) is 3.24. The fourth-order valence-corrected chi connectivity index (χ4v) is 4.54. The molecule has 10 nitrogen and oxygen atoms in total. The summed E-state index contributed by atoms with van der Waals surface area (Å²) >= 11 is 1.40. The molecule has 0 saturated carbocycles. The highest BCUT2D eigenvalue weighted by Crippen LogP contribution is 2.32. The highest BCUT2D eigenvalue weighted by atomic mass is 32.2. The zero-order valence-electron chi connectivity index (χ0n) is 16.4. The van der Waals surface area contributed by atoms with Gasteiger partial charge in [0.15, 0.2) is 11.6 Å². The molecule has 0 spiro atoms. The van der Waals surface area contributed by atoms with Crippen LogP contribution in [0.15, 0.2) is 35.9 Å². The maximum absolute atomic E-state index is 12.2. The van der Waals surface area contributed by atoms with Crippen LogP contribution in [0.5, 0.6) is 0 Å². The van der Waals surface area contributed by atoms with Crippen LogP contribution in [0.2, 0.25) is 0 Å². The van der Waals surface area contributed by atoms with Gasteiger partial charge in [0.05, 0.1) is 11.1 Å². The van der Waals surface area contributed by atoms with E-state index in [1.807, 2.05) is 19.1 Å². The van der Waals surface area contributed by atoms with Crippen molar-refractivity contribution in [1.82, 2.24) is 25.1 Å². The molecule has 4 heterocycles. The molecule has 30 heavy (non-hydrogen) atoms. The number of hydrogen-bond acceptors (Lipinski definition) is 10. The van der Waals surface area contributed by atoms with Crippen LogP contribution in [-0.2, 0) is 14.9 Å². The summed E-state index contributed by atoms with van der Waals surface area (Å²) in [6.07, 6.45) is 7.40. The van der Waals surface area contributed by atoms with Gasteiger partial charge in [0.1, 0.15) is 23.0 Å². The third kappa shape index (κ3) is 4.14. The van der Waals surface area contributed by atoms with Gasteiger partial charge < -0.3 is 4.84 Å². The van der Waals surface area contributed by atoms with Gasteiger partial charge in [-0.1, -0.05) is 12.1 Å². The van der Waals surface area contributed by atoms with Crippen LogP contribution in [0, 0.1) is 0 Å². The van der Waals surface area contributed by atoms with E-state index in [4.69, 9.17) is 4.84 Å². The summed E-state index contributed by atoms with van der Waals surface area (Å²) in [6, 6.07) is 3.76. The van der Waals surface area contributed by atoms with Crippen LogP contribution in [-0.4, -0.2) is 58.7 Å². The fraction of sp³-hybridized carbons (Fsp3) is 0.333. The van der Waals surface area contributed by atoms with Crippen molar-refractivity contribution >= 4 is 32.9 Å². The number of pyridine rings is 1. The molecular formula is C18H19N7O3S2. The van der Waals surface area contributed by atoms with Gasteiger partial charge in [-0.25, -0.2) is 18.4 Å². The molecule has 3 aromatic rings. The number of oxime groups is 1. The predicted octanol–water partition coefficient (Wildman–Crippen LogP) is 2.36. The molecule has 0 saturated heterocycles. The first-order valence-electron chi connectivity index (χ1n) is 9.25. The van der Waals surface area contributed by atoms with E-state index in [0.29, 0.717) is 35.1 Å². The largest absolute Gasteiger partial charge is 0.396 e. The minimum atomic E-state index is -3.52. The summed E-state index contributed by atoms with van der Waals surface area (Å²) in [5, 5.41) is 13.3.